The Labute approximate surface area is 178 Å². The van der Waals surface area contributed by atoms with E-state index in [9.17, 15) is 21.6 Å². The molecule has 0 aromatic heterocycles. The highest BCUT2D eigenvalue weighted by Crippen LogP contribution is 2.46. The quantitative estimate of drug-likeness (QED) is 0.748. The van der Waals surface area contributed by atoms with Gasteiger partial charge in [-0.05, 0) is 18.1 Å². The van der Waals surface area contributed by atoms with Crippen LogP contribution in [0.3, 0.4) is 0 Å². The van der Waals surface area contributed by atoms with E-state index in [-0.39, 0.29) is 11.0 Å². The lowest BCUT2D eigenvalue weighted by atomic mass is 9.79. The zero-order chi connectivity index (χ0) is 22.8. The normalized spacial score (nSPS) is 26.8. The fourth-order valence-corrected chi connectivity index (χ4v) is 6.24. The van der Waals surface area contributed by atoms with Gasteiger partial charge in [-0.2, -0.15) is 0 Å². The van der Waals surface area contributed by atoms with Crippen LogP contribution in [0.2, 0.25) is 0 Å². The molecule has 2 aromatic rings. The molecule has 2 aliphatic rings. The van der Waals surface area contributed by atoms with Crippen molar-refractivity contribution in [2.24, 2.45) is 0 Å². The zero-order valence-corrected chi connectivity index (χ0v) is 18.0. The van der Waals surface area contributed by atoms with Gasteiger partial charge in [0.1, 0.15) is 22.7 Å². The van der Waals surface area contributed by atoms with Gasteiger partial charge in [-0.1, -0.05) is 31.2 Å². The van der Waals surface area contributed by atoms with Gasteiger partial charge in [0.25, 0.3) is 0 Å². The van der Waals surface area contributed by atoms with Crippen LogP contribution in [0, 0.1) is 22.9 Å². The molecular formula is C21H22F3N3O3S. The lowest BCUT2D eigenvalue weighted by Gasteiger charge is -2.46. The van der Waals surface area contributed by atoms with E-state index in [1.165, 1.54) is 14.0 Å². The van der Waals surface area contributed by atoms with Crippen LogP contribution in [0.25, 0.3) is 0 Å². The third kappa shape index (κ3) is 3.20. The second-order valence-corrected chi connectivity index (χ2v) is 10.5. The third-order valence-corrected chi connectivity index (χ3v) is 8.46. The maximum absolute atomic E-state index is 14.8. The van der Waals surface area contributed by atoms with Gasteiger partial charge < -0.3 is 10.1 Å². The van der Waals surface area contributed by atoms with Crippen molar-refractivity contribution in [2.45, 2.75) is 30.1 Å². The molecule has 2 N–H and O–H groups in total. The maximum Gasteiger partial charge on any atom is 0.246 e. The van der Waals surface area contributed by atoms with Crippen LogP contribution in [0.1, 0.15) is 35.8 Å². The molecule has 0 spiro atoms. The first-order chi connectivity index (χ1) is 14.4. The van der Waals surface area contributed by atoms with Crippen molar-refractivity contribution in [3.63, 3.8) is 0 Å². The van der Waals surface area contributed by atoms with Crippen LogP contribution in [0.4, 0.5) is 13.2 Å². The Balaban J connectivity index is 1.90. The van der Waals surface area contributed by atoms with Crippen molar-refractivity contribution in [3.8, 4) is 0 Å². The summed E-state index contributed by atoms with van der Waals surface area (Å²) in [4.78, 5) is 0. The van der Waals surface area contributed by atoms with Crippen LogP contribution in [0.5, 0.6) is 0 Å². The van der Waals surface area contributed by atoms with E-state index in [4.69, 9.17) is 10.1 Å². The van der Waals surface area contributed by atoms with Gasteiger partial charge >= 0.3 is 0 Å². The summed E-state index contributed by atoms with van der Waals surface area (Å²) in [6.07, 6.45) is 0. The lowest BCUT2D eigenvalue weighted by Crippen LogP contribution is -2.62. The van der Waals surface area contributed by atoms with Crippen molar-refractivity contribution < 1.29 is 26.3 Å². The highest BCUT2D eigenvalue weighted by Gasteiger charge is 2.54. The predicted octanol–water partition coefficient (Wildman–Crippen LogP) is 3.15. The molecule has 2 saturated heterocycles. The van der Waals surface area contributed by atoms with Gasteiger partial charge in [-0.15, -0.1) is 0 Å². The van der Waals surface area contributed by atoms with Crippen LogP contribution in [-0.4, -0.2) is 38.9 Å². The van der Waals surface area contributed by atoms with Gasteiger partial charge in [0.2, 0.25) is 16.0 Å². The van der Waals surface area contributed by atoms with E-state index in [0.29, 0.717) is 25.3 Å². The highest BCUT2D eigenvalue weighted by atomic mass is 32.2. The summed E-state index contributed by atoms with van der Waals surface area (Å²) in [5.74, 6) is -4.13. The molecule has 6 nitrogen and oxygen atoms in total. The van der Waals surface area contributed by atoms with Crippen molar-refractivity contribution in [1.82, 2.24) is 9.62 Å². The Morgan fingerprint density at radius 1 is 1.10 bits per heavy atom. The molecule has 0 aliphatic carbocycles. The largest absolute Gasteiger partial charge is 0.379 e. The molecule has 166 valence electrons. The van der Waals surface area contributed by atoms with Gasteiger partial charge in [0.15, 0.2) is 0 Å². The van der Waals surface area contributed by atoms with E-state index in [0.717, 1.165) is 9.87 Å². The predicted molar refractivity (Wildman–Crippen MR) is 109 cm³/mol. The molecule has 0 bridgehead atoms. The van der Waals surface area contributed by atoms with E-state index in [1.54, 1.807) is 24.3 Å². The Kier molecular flexibility index (Phi) is 4.86. The summed E-state index contributed by atoms with van der Waals surface area (Å²) in [6.45, 7) is 4.40. The minimum absolute atomic E-state index is 0.181. The summed E-state index contributed by atoms with van der Waals surface area (Å²) in [6, 6.07) is 7.73. The summed E-state index contributed by atoms with van der Waals surface area (Å²) >= 11 is 0. The smallest absolute Gasteiger partial charge is 0.246 e. The molecule has 0 radical (unpaired) electrons. The number of nitrogens with zero attached hydrogens (tertiary/aromatic N) is 1. The van der Waals surface area contributed by atoms with Crippen molar-refractivity contribution in [1.29, 1.82) is 5.41 Å². The molecule has 0 unspecified atom stereocenters. The number of halogens is 3. The topological polar surface area (TPSA) is 82.5 Å². The van der Waals surface area contributed by atoms with Gasteiger partial charge in [-0.3, -0.25) is 5.41 Å². The first-order valence-corrected chi connectivity index (χ1v) is 11.1. The molecule has 2 fully saturated rings. The molecule has 10 heteroatoms. The monoisotopic (exact) mass is 453 g/mol. The first kappa shape index (κ1) is 21.6. The Morgan fingerprint density at radius 3 is 2.13 bits per heavy atom. The van der Waals surface area contributed by atoms with Crippen molar-refractivity contribution in [2.75, 3.05) is 20.3 Å². The van der Waals surface area contributed by atoms with Crippen molar-refractivity contribution in [3.05, 3.63) is 70.5 Å². The Hall–Kier alpha value is -2.59. The summed E-state index contributed by atoms with van der Waals surface area (Å²) in [5.41, 5.74) is -1.51. The molecule has 2 atom stereocenters. The average Bonchev–Trinajstić information content (AvgIpc) is 2.64. The summed E-state index contributed by atoms with van der Waals surface area (Å²) in [5, 5.41) is 9.20. The summed E-state index contributed by atoms with van der Waals surface area (Å²) < 4.78 is 75.8. The average molecular weight is 453 g/mol. The van der Waals surface area contributed by atoms with Crippen molar-refractivity contribution >= 4 is 16.0 Å². The fraction of sp³-hybridized carbons (Fsp3) is 0.381. The maximum atomic E-state index is 14.8. The number of rotatable bonds is 3. The van der Waals surface area contributed by atoms with E-state index >= 15 is 0 Å². The SMILES string of the molecule is CN1C(=N)N[C@](C)(c2c(F)cc(F)cc2F)[C@@H](c2ccc(C3(C)COC3)cc2)S1(=O)=O. The number of guanidine groups is 1. The molecule has 2 aliphatic heterocycles. The Morgan fingerprint density at radius 2 is 1.65 bits per heavy atom. The standard InChI is InChI=1S/C21H22F3N3O3S/c1-20(10-30-11-20)13-6-4-12(5-7-13)18-21(2,26-19(25)27(3)31(18,28)29)17-15(23)8-14(22)9-16(17)24/h4-9,18H,10-11H2,1-3H3,(H2,25,26)/t18-,21-/m1/s1. The number of benzene rings is 2. The van der Waals surface area contributed by atoms with Crippen LogP contribution >= 0.6 is 0 Å². The van der Waals surface area contributed by atoms with Crippen LogP contribution in [0.15, 0.2) is 36.4 Å². The number of sulfonamides is 1. The number of ether oxygens (including phenoxy) is 1. The van der Waals surface area contributed by atoms with Gasteiger partial charge in [0, 0.05) is 24.6 Å². The highest BCUT2D eigenvalue weighted by molar-refractivity contribution is 7.90. The minimum Gasteiger partial charge on any atom is -0.379 e. The molecule has 4 rings (SSSR count). The second kappa shape index (κ2) is 6.96. The van der Waals surface area contributed by atoms with Gasteiger partial charge in [0.05, 0.1) is 24.3 Å². The van der Waals surface area contributed by atoms with E-state index < -0.39 is 49.8 Å². The van der Waals surface area contributed by atoms with E-state index in [2.05, 4.69) is 5.32 Å². The number of hydrogen-bond donors (Lipinski definition) is 2. The van der Waals surface area contributed by atoms with Crippen LogP contribution in [-0.2, 0) is 25.7 Å². The van der Waals surface area contributed by atoms with Gasteiger partial charge in [-0.25, -0.2) is 25.9 Å². The molecule has 0 amide bonds. The second-order valence-electron chi connectivity index (χ2n) is 8.49. The lowest BCUT2D eigenvalue weighted by molar-refractivity contribution is -0.0500. The number of hydrogen-bond acceptors (Lipinski definition) is 4. The van der Waals surface area contributed by atoms with E-state index in [1.807, 2.05) is 6.92 Å². The minimum atomic E-state index is -4.25. The number of nitrogens with one attached hydrogen (secondary N) is 2. The summed E-state index contributed by atoms with van der Waals surface area (Å²) in [7, 11) is -3.06. The Bertz CT molecular complexity index is 1140. The zero-order valence-electron chi connectivity index (χ0n) is 17.2. The molecule has 2 heterocycles. The molecule has 2 aromatic carbocycles. The molecular weight excluding hydrogens is 431 g/mol. The molecule has 31 heavy (non-hydrogen) atoms. The third-order valence-electron chi connectivity index (χ3n) is 6.17. The first-order valence-electron chi connectivity index (χ1n) is 9.58. The van der Waals surface area contributed by atoms with Crippen LogP contribution < -0.4 is 5.32 Å². The molecule has 0 saturated carbocycles. The fourth-order valence-electron chi connectivity index (χ4n) is 4.35.